The van der Waals surface area contributed by atoms with Crippen LogP contribution in [0.1, 0.15) is 36.0 Å². The number of benzene rings is 2. The van der Waals surface area contributed by atoms with Crippen molar-refractivity contribution in [2.45, 2.75) is 31.7 Å². The highest BCUT2D eigenvalue weighted by atomic mass is 35.5. The predicted octanol–water partition coefficient (Wildman–Crippen LogP) is 3.82. The first kappa shape index (κ1) is 19.9. The lowest BCUT2D eigenvalue weighted by atomic mass is 10.00. The molecule has 2 aromatic carbocycles. The van der Waals surface area contributed by atoms with Crippen LogP contribution in [0.2, 0.25) is 0 Å². The molecule has 6 heteroatoms. The summed E-state index contributed by atoms with van der Waals surface area (Å²) >= 11 is 0. The smallest absolute Gasteiger partial charge is 0.255 e. The molecule has 0 bridgehead atoms. The van der Waals surface area contributed by atoms with Gasteiger partial charge in [0, 0.05) is 29.4 Å². The van der Waals surface area contributed by atoms with Gasteiger partial charge in [0.05, 0.1) is 0 Å². The van der Waals surface area contributed by atoms with Crippen LogP contribution in [0.4, 0.5) is 11.4 Å². The van der Waals surface area contributed by atoms with Gasteiger partial charge in [-0.3, -0.25) is 9.59 Å². The molecule has 0 spiro atoms. The first-order valence-corrected chi connectivity index (χ1v) is 8.64. The summed E-state index contributed by atoms with van der Waals surface area (Å²) in [6, 6.07) is 16.3. The molecule has 138 valence electrons. The third-order valence-corrected chi connectivity index (χ3v) is 4.61. The Morgan fingerprint density at radius 1 is 0.962 bits per heavy atom. The van der Waals surface area contributed by atoms with Gasteiger partial charge in [-0.25, -0.2) is 0 Å². The maximum absolute atomic E-state index is 12.2. The maximum Gasteiger partial charge on any atom is 0.255 e. The largest absolute Gasteiger partial charge is 0.327 e. The zero-order valence-electron chi connectivity index (χ0n) is 14.5. The minimum absolute atomic E-state index is 0. The Bertz CT molecular complexity index is 752. The minimum Gasteiger partial charge on any atom is -0.327 e. The molecule has 0 aliphatic heterocycles. The highest BCUT2D eigenvalue weighted by Crippen LogP contribution is 2.27. The molecule has 0 aromatic heterocycles. The second kappa shape index (κ2) is 9.36. The van der Waals surface area contributed by atoms with Crippen LogP contribution in [-0.2, 0) is 4.79 Å². The summed E-state index contributed by atoms with van der Waals surface area (Å²) in [7, 11) is 0. The van der Waals surface area contributed by atoms with E-state index in [2.05, 4.69) is 10.6 Å². The fourth-order valence-electron chi connectivity index (χ4n) is 3.24. The SMILES string of the molecule is Cl.N[C@@H]1CCC[C@H]1CC(=O)Nc1cccc(NC(=O)c2ccccc2)c1. The van der Waals surface area contributed by atoms with Gasteiger partial charge in [0.2, 0.25) is 5.91 Å². The first-order chi connectivity index (χ1) is 12.1. The first-order valence-electron chi connectivity index (χ1n) is 8.64. The molecule has 0 unspecified atom stereocenters. The van der Waals surface area contributed by atoms with E-state index in [1.165, 1.54) is 0 Å². The highest BCUT2D eigenvalue weighted by molar-refractivity contribution is 6.04. The summed E-state index contributed by atoms with van der Waals surface area (Å²) in [5.74, 6) is 0.0517. The molecule has 1 fully saturated rings. The summed E-state index contributed by atoms with van der Waals surface area (Å²) in [5.41, 5.74) is 7.93. The number of hydrogen-bond acceptors (Lipinski definition) is 3. The molecule has 3 rings (SSSR count). The Balaban J connectivity index is 0.00000243. The monoisotopic (exact) mass is 373 g/mol. The Kier molecular flexibility index (Phi) is 7.18. The van der Waals surface area contributed by atoms with Crippen molar-refractivity contribution in [2.24, 2.45) is 11.7 Å². The molecule has 1 aliphatic rings. The van der Waals surface area contributed by atoms with Crippen LogP contribution in [0.15, 0.2) is 54.6 Å². The summed E-state index contributed by atoms with van der Waals surface area (Å²) in [4.78, 5) is 24.4. The van der Waals surface area contributed by atoms with E-state index in [1.807, 2.05) is 24.3 Å². The summed E-state index contributed by atoms with van der Waals surface area (Å²) in [6.45, 7) is 0. The Hall–Kier alpha value is -2.37. The quantitative estimate of drug-likeness (QED) is 0.744. The normalized spacial score (nSPS) is 18.7. The van der Waals surface area contributed by atoms with Crippen LogP contribution >= 0.6 is 12.4 Å². The topological polar surface area (TPSA) is 84.2 Å². The van der Waals surface area contributed by atoms with Gasteiger partial charge in [0.15, 0.2) is 0 Å². The molecule has 26 heavy (non-hydrogen) atoms. The van der Waals surface area contributed by atoms with Crippen molar-refractivity contribution in [3.05, 3.63) is 60.2 Å². The number of carbonyl (C=O) groups is 2. The van der Waals surface area contributed by atoms with Gasteiger partial charge in [-0.05, 0) is 49.1 Å². The lowest BCUT2D eigenvalue weighted by molar-refractivity contribution is -0.117. The molecule has 1 saturated carbocycles. The van der Waals surface area contributed by atoms with Crippen molar-refractivity contribution in [1.82, 2.24) is 0 Å². The summed E-state index contributed by atoms with van der Waals surface area (Å²) in [5, 5.41) is 5.74. The number of halogens is 1. The molecular weight excluding hydrogens is 350 g/mol. The van der Waals surface area contributed by atoms with Crippen molar-refractivity contribution >= 4 is 35.6 Å². The molecule has 4 N–H and O–H groups in total. The van der Waals surface area contributed by atoms with E-state index < -0.39 is 0 Å². The van der Waals surface area contributed by atoms with Crippen LogP contribution in [0.3, 0.4) is 0 Å². The molecule has 0 radical (unpaired) electrons. The van der Waals surface area contributed by atoms with E-state index in [1.54, 1.807) is 30.3 Å². The molecule has 5 nitrogen and oxygen atoms in total. The van der Waals surface area contributed by atoms with E-state index in [-0.39, 0.29) is 36.2 Å². The van der Waals surface area contributed by atoms with E-state index in [0.717, 1.165) is 19.3 Å². The maximum atomic E-state index is 12.2. The number of hydrogen-bond donors (Lipinski definition) is 3. The summed E-state index contributed by atoms with van der Waals surface area (Å²) in [6.07, 6.45) is 3.56. The van der Waals surface area contributed by atoms with Crippen LogP contribution in [0.5, 0.6) is 0 Å². The van der Waals surface area contributed by atoms with Gasteiger partial charge in [0.1, 0.15) is 0 Å². The van der Waals surface area contributed by atoms with Crippen molar-refractivity contribution in [3.8, 4) is 0 Å². The van der Waals surface area contributed by atoms with Crippen molar-refractivity contribution in [2.75, 3.05) is 10.6 Å². The molecular formula is C20H24ClN3O2. The van der Waals surface area contributed by atoms with Crippen molar-refractivity contribution in [3.63, 3.8) is 0 Å². The van der Waals surface area contributed by atoms with E-state index in [4.69, 9.17) is 5.73 Å². The van der Waals surface area contributed by atoms with Gasteiger partial charge in [-0.1, -0.05) is 30.7 Å². The Morgan fingerprint density at radius 3 is 2.31 bits per heavy atom. The fourth-order valence-corrected chi connectivity index (χ4v) is 3.24. The van der Waals surface area contributed by atoms with Crippen LogP contribution < -0.4 is 16.4 Å². The van der Waals surface area contributed by atoms with E-state index in [9.17, 15) is 9.59 Å². The number of carbonyl (C=O) groups excluding carboxylic acids is 2. The minimum atomic E-state index is -0.180. The van der Waals surface area contributed by atoms with Gasteiger partial charge in [-0.2, -0.15) is 0 Å². The molecule has 2 amide bonds. The second-order valence-electron chi connectivity index (χ2n) is 6.51. The van der Waals surface area contributed by atoms with Crippen LogP contribution in [-0.4, -0.2) is 17.9 Å². The van der Waals surface area contributed by atoms with Gasteiger partial charge in [0.25, 0.3) is 5.91 Å². The number of nitrogens with one attached hydrogen (secondary N) is 2. The standard InChI is InChI=1S/C20H23N3O2.ClH/c21-18-11-4-8-15(18)12-19(24)22-16-9-5-10-17(13-16)23-20(25)14-6-2-1-3-7-14;/h1-3,5-7,9-10,13,15,18H,4,8,11-12,21H2,(H,22,24)(H,23,25);1H/t15-,18+;/m0./s1. The molecule has 2 atom stereocenters. The van der Waals surface area contributed by atoms with Crippen LogP contribution in [0, 0.1) is 5.92 Å². The van der Waals surface area contributed by atoms with E-state index in [0.29, 0.717) is 23.4 Å². The van der Waals surface area contributed by atoms with E-state index >= 15 is 0 Å². The predicted molar refractivity (Wildman–Crippen MR) is 107 cm³/mol. The summed E-state index contributed by atoms with van der Waals surface area (Å²) < 4.78 is 0. The number of nitrogens with two attached hydrogens (primary N) is 1. The van der Waals surface area contributed by atoms with Gasteiger partial charge < -0.3 is 16.4 Å². The van der Waals surface area contributed by atoms with Gasteiger partial charge >= 0.3 is 0 Å². The average molecular weight is 374 g/mol. The Morgan fingerprint density at radius 2 is 1.65 bits per heavy atom. The van der Waals surface area contributed by atoms with Crippen LogP contribution in [0.25, 0.3) is 0 Å². The third-order valence-electron chi connectivity index (χ3n) is 4.61. The lowest BCUT2D eigenvalue weighted by Gasteiger charge is -2.15. The molecule has 2 aromatic rings. The lowest BCUT2D eigenvalue weighted by Crippen LogP contribution is -2.28. The number of rotatable bonds is 5. The fraction of sp³-hybridized carbons (Fsp3) is 0.300. The zero-order valence-corrected chi connectivity index (χ0v) is 15.3. The van der Waals surface area contributed by atoms with Crippen molar-refractivity contribution in [1.29, 1.82) is 0 Å². The second-order valence-corrected chi connectivity index (χ2v) is 6.51. The zero-order chi connectivity index (χ0) is 17.6. The number of amides is 2. The van der Waals surface area contributed by atoms with Gasteiger partial charge in [-0.15, -0.1) is 12.4 Å². The molecule has 1 aliphatic carbocycles. The molecule has 0 heterocycles. The third kappa shape index (κ3) is 5.31. The molecule has 0 saturated heterocycles. The number of anilines is 2. The average Bonchev–Trinajstić information content (AvgIpc) is 3.00. The highest BCUT2D eigenvalue weighted by Gasteiger charge is 2.26. The van der Waals surface area contributed by atoms with Crippen molar-refractivity contribution < 1.29 is 9.59 Å². The Labute approximate surface area is 159 Å².